The van der Waals surface area contributed by atoms with Crippen LogP contribution in [0.15, 0.2) is 12.4 Å². The summed E-state index contributed by atoms with van der Waals surface area (Å²) in [4.78, 5) is 0. The fourth-order valence-electron chi connectivity index (χ4n) is 1.35. The van der Waals surface area contributed by atoms with Crippen molar-refractivity contribution in [2.45, 2.75) is 39.2 Å². The van der Waals surface area contributed by atoms with Crippen molar-refractivity contribution < 1.29 is 4.74 Å². The minimum atomic E-state index is 0.783. The SMILES string of the molecule is CCCn1cc(OCCCCCS)cn1. The van der Waals surface area contributed by atoms with Gasteiger partial charge in [-0.1, -0.05) is 6.92 Å². The third-order valence-electron chi connectivity index (χ3n) is 2.13. The van der Waals surface area contributed by atoms with Crippen LogP contribution in [0.25, 0.3) is 0 Å². The van der Waals surface area contributed by atoms with E-state index >= 15 is 0 Å². The monoisotopic (exact) mass is 228 g/mol. The van der Waals surface area contributed by atoms with Crippen LogP contribution in [-0.2, 0) is 6.54 Å². The molecule has 0 aliphatic carbocycles. The molecule has 0 N–H and O–H groups in total. The van der Waals surface area contributed by atoms with Gasteiger partial charge >= 0.3 is 0 Å². The van der Waals surface area contributed by atoms with Crippen molar-refractivity contribution in [3.8, 4) is 5.75 Å². The molecule has 0 amide bonds. The quantitative estimate of drug-likeness (QED) is 0.547. The average Bonchev–Trinajstić information content (AvgIpc) is 2.66. The number of hydrogen-bond acceptors (Lipinski definition) is 3. The number of unbranched alkanes of at least 4 members (excludes halogenated alkanes) is 2. The molecule has 0 aromatic carbocycles. The van der Waals surface area contributed by atoms with E-state index in [2.05, 4.69) is 24.7 Å². The van der Waals surface area contributed by atoms with Crippen molar-refractivity contribution in [1.29, 1.82) is 0 Å². The second kappa shape index (κ2) is 7.63. The first-order chi connectivity index (χ1) is 7.36. The van der Waals surface area contributed by atoms with Gasteiger partial charge in [0.05, 0.1) is 19.0 Å². The van der Waals surface area contributed by atoms with Gasteiger partial charge in [0, 0.05) is 6.54 Å². The number of nitrogens with zero attached hydrogens (tertiary/aromatic N) is 2. The molecule has 1 aromatic rings. The van der Waals surface area contributed by atoms with Crippen molar-refractivity contribution in [2.24, 2.45) is 0 Å². The van der Waals surface area contributed by atoms with E-state index in [0.29, 0.717) is 0 Å². The van der Waals surface area contributed by atoms with Crippen LogP contribution in [0, 0.1) is 0 Å². The maximum Gasteiger partial charge on any atom is 0.157 e. The van der Waals surface area contributed by atoms with Gasteiger partial charge in [-0.25, -0.2) is 0 Å². The molecule has 0 bridgehead atoms. The van der Waals surface area contributed by atoms with Crippen LogP contribution in [0.4, 0.5) is 0 Å². The molecule has 1 heterocycles. The third-order valence-corrected chi connectivity index (χ3v) is 2.45. The Labute approximate surface area is 97.2 Å². The van der Waals surface area contributed by atoms with E-state index < -0.39 is 0 Å². The second-order valence-corrected chi connectivity index (χ2v) is 4.02. The van der Waals surface area contributed by atoms with E-state index in [1.54, 1.807) is 6.20 Å². The average molecular weight is 228 g/mol. The largest absolute Gasteiger partial charge is 0.490 e. The van der Waals surface area contributed by atoms with Gasteiger partial charge in [-0.2, -0.15) is 17.7 Å². The first-order valence-electron chi connectivity index (χ1n) is 5.63. The van der Waals surface area contributed by atoms with Crippen LogP contribution in [0.1, 0.15) is 32.6 Å². The summed E-state index contributed by atoms with van der Waals surface area (Å²) in [5, 5.41) is 4.20. The van der Waals surface area contributed by atoms with Gasteiger partial charge in [0.1, 0.15) is 0 Å². The van der Waals surface area contributed by atoms with Gasteiger partial charge in [0.2, 0.25) is 0 Å². The predicted octanol–water partition coefficient (Wildman–Crippen LogP) is 2.77. The van der Waals surface area contributed by atoms with E-state index in [1.807, 2.05) is 10.9 Å². The summed E-state index contributed by atoms with van der Waals surface area (Å²) in [6, 6.07) is 0. The number of ether oxygens (including phenoxy) is 1. The minimum absolute atomic E-state index is 0.783. The molecular weight excluding hydrogens is 208 g/mol. The molecule has 0 aliphatic rings. The van der Waals surface area contributed by atoms with Gasteiger partial charge in [0.15, 0.2) is 5.75 Å². The summed E-state index contributed by atoms with van der Waals surface area (Å²) in [6.07, 6.45) is 8.30. The molecule has 15 heavy (non-hydrogen) atoms. The molecule has 0 fully saturated rings. The Morgan fingerprint density at radius 2 is 2.27 bits per heavy atom. The van der Waals surface area contributed by atoms with E-state index in [9.17, 15) is 0 Å². The number of rotatable bonds is 8. The van der Waals surface area contributed by atoms with Crippen LogP contribution >= 0.6 is 12.6 Å². The Morgan fingerprint density at radius 1 is 1.40 bits per heavy atom. The zero-order valence-electron chi connectivity index (χ0n) is 9.35. The number of thiol groups is 1. The normalized spacial score (nSPS) is 10.5. The van der Waals surface area contributed by atoms with Crippen LogP contribution in [-0.4, -0.2) is 22.1 Å². The van der Waals surface area contributed by atoms with Gasteiger partial charge in [-0.05, 0) is 31.4 Å². The van der Waals surface area contributed by atoms with Crippen molar-refractivity contribution in [1.82, 2.24) is 9.78 Å². The number of aromatic nitrogens is 2. The van der Waals surface area contributed by atoms with Crippen LogP contribution in [0.3, 0.4) is 0 Å². The smallest absolute Gasteiger partial charge is 0.157 e. The Hall–Kier alpha value is -0.640. The maximum absolute atomic E-state index is 5.57. The zero-order chi connectivity index (χ0) is 10.9. The van der Waals surface area contributed by atoms with Crippen LogP contribution < -0.4 is 4.74 Å². The molecule has 86 valence electrons. The highest BCUT2D eigenvalue weighted by Crippen LogP contribution is 2.09. The molecule has 3 nitrogen and oxygen atoms in total. The van der Waals surface area contributed by atoms with E-state index in [4.69, 9.17) is 4.74 Å². The lowest BCUT2D eigenvalue weighted by Gasteiger charge is -2.02. The Bertz CT molecular complexity index is 263. The summed E-state index contributed by atoms with van der Waals surface area (Å²) in [7, 11) is 0. The van der Waals surface area contributed by atoms with Crippen molar-refractivity contribution in [3.63, 3.8) is 0 Å². The topological polar surface area (TPSA) is 27.1 Å². The summed E-state index contributed by atoms with van der Waals surface area (Å²) >= 11 is 4.17. The highest BCUT2D eigenvalue weighted by Gasteiger charge is 1.98. The van der Waals surface area contributed by atoms with E-state index in [0.717, 1.165) is 37.5 Å². The van der Waals surface area contributed by atoms with Gasteiger partial charge in [-0.15, -0.1) is 0 Å². The summed E-state index contributed by atoms with van der Waals surface area (Å²) in [6.45, 7) is 3.88. The number of hydrogen-bond donors (Lipinski definition) is 1. The van der Waals surface area contributed by atoms with Gasteiger partial charge in [-0.3, -0.25) is 4.68 Å². The molecular formula is C11H20N2OS. The minimum Gasteiger partial charge on any atom is -0.490 e. The van der Waals surface area contributed by atoms with E-state index in [1.165, 1.54) is 12.8 Å². The molecule has 0 unspecified atom stereocenters. The lowest BCUT2D eigenvalue weighted by atomic mass is 10.3. The highest BCUT2D eigenvalue weighted by molar-refractivity contribution is 7.80. The van der Waals surface area contributed by atoms with Crippen molar-refractivity contribution in [3.05, 3.63) is 12.4 Å². The lowest BCUT2D eigenvalue weighted by Crippen LogP contribution is -1.97. The number of aryl methyl sites for hydroxylation is 1. The van der Waals surface area contributed by atoms with Crippen molar-refractivity contribution >= 4 is 12.6 Å². The molecule has 0 aliphatic heterocycles. The highest BCUT2D eigenvalue weighted by atomic mass is 32.1. The lowest BCUT2D eigenvalue weighted by molar-refractivity contribution is 0.306. The standard InChI is InChI=1S/C11H20N2OS/c1-2-6-13-10-11(9-12-13)14-7-4-3-5-8-15/h9-10,15H,2-8H2,1H3. The van der Waals surface area contributed by atoms with Gasteiger partial charge in [0.25, 0.3) is 0 Å². The molecule has 0 saturated carbocycles. The van der Waals surface area contributed by atoms with E-state index in [-0.39, 0.29) is 0 Å². The molecule has 0 saturated heterocycles. The fourth-order valence-corrected chi connectivity index (χ4v) is 1.57. The Balaban J connectivity index is 2.14. The van der Waals surface area contributed by atoms with Crippen molar-refractivity contribution in [2.75, 3.05) is 12.4 Å². The molecule has 0 atom stereocenters. The third kappa shape index (κ3) is 5.11. The van der Waals surface area contributed by atoms with Crippen LogP contribution in [0.5, 0.6) is 5.75 Å². The molecule has 4 heteroatoms. The molecule has 1 aromatic heterocycles. The maximum atomic E-state index is 5.57. The first kappa shape index (κ1) is 12.4. The Morgan fingerprint density at radius 3 is 3.00 bits per heavy atom. The van der Waals surface area contributed by atoms with Crippen LogP contribution in [0.2, 0.25) is 0 Å². The molecule has 1 rings (SSSR count). The van der Waals surface area contributed by atoms with Gasteiger partial charge < -0.3 is 4.74 Å². The molecule has 0 spiro atoms. The molecule has 0 radical (unpaired) electrons. The Kier molecular flexibility index (Phi) is 6.32. The summed E-state index contributed by atoms with van der Waals surface area (Å²) in [5.74, 6) is 1.85. The summed E-state index contributed by atoms with van der Waals surface area (Å²) < 4.78 is 7.49. The zero-order valence-corrected chi connectivity index (χ0v) is 10.2. The first-order valence-corrected chi connectivity index (χ1v) is 6.26. The second-order valence-electron chi connectivity index (χ2n) is 3.57. The fraction of sp³-hybridized carbons (Fsp3) is 0.727. The predicted molar refractivity (Wildman–Crippen MR) is 65.7 cm³/mol. The summed E-state index contributed by atoms with van der Waals surface area (Å²) in [5.41, 5.74) is 0.